The molecule has 2 atom stereocenters. The van der Waals surface area contributed by atoms with E-state index in [4.69, 9.17) is 4.74 Å². The molecule has 3 aromatic carbocycles. The van der Waals surface area contributed by atoms with Gasteiger partial charge in [-0.1, -0.05) is 60.7 Å². The number of rotatable bonds is 8. The molecule has 2 heterocycles. The molecule has 1 fully saturated rings. The summed E-state index contributed by atoms with van der Waals surface area (Å²) in [6.07, 6.45) is 1.95. The number of nitrogens with one attached hydrogen (secondary N) is 3. The van der Waals surface area contributed by atoms with Gasteiger partial charge in [-0.3, -0.25) is 14.5 Å². The summed E-state index contributed by atoms with van der Waals surface area (Å²) in [5.41, 5.74) is 2.48. The van der Waals surface area contributed by atoms with Crippen LogP contribution in [-0.4, -0.2) is 47.9 Å². The molecule has 0 radical (unpaired) electrons. The van der Waals surface area contributed by atoms with Crippen molar-refractivity contribution in [2.45, 2.75) is 18.4 Å². The van der Waals surface area contributed by atoms with Crippen molar-refractivity contribution in [3.05, 3.63) is 102 Å². The smallest absolute Gasteiger partial charge is 0.325 e. The highest BCUT2D eigenvalue weighted by Crippen LogP contribution is 2.32. The minimum Gasteiger partial charge on any atom is -0.497 e. The Labute approximate surface area is 214 Å². The number of hydrogen-bond donors (Lipinski definition) is 3. The molecule has 0 unspecified atom stereocenters. The highest BCUT2D eigenvalue weighted by molar-refractivity contribution is 6.09. The fourth-order valence-corrected chi connectivity index (χ4v) is 4.85. The van der Waals surface area contributed by atoms with Crippen LogP contribution in [-0.2, 0) is 15.1 Å². The zero-order chi connectivity index (χ0) is 26.0. The first-order chi connectivity index (χ1) is 17.9. The second-order valence-electron chi connectivity index (χ2n) is 9.23. The number of urea groups is 1. The topological polar surface area (TPSA) is 104 Å². The summed E-state index contributed by atoms with van der Waals surface area (Å²) in [7, 11) is 1.62. The summed E-state index contributed by atoms with van der Waals surface area (Å²) in [4.78, 5) is 43.1. The second-order valence-corrected chi connectivity index (χ2v) is 9.23. The van der Waals surface area contributed by atoms with E-state index in [0.717, 1.165) is 32.7 Å². The van der Waals surface area contributed by atoms with Crippen LogP contribution >= 0.6 is 0 Å². The average molecular weight is 497 g/mol. The maximum atomic E-state index is 13.2. The Morgan fingerprint density at radius 1 is 1.00 bits per heavy atom. The van der Waals surface area contributed by atoms with Crippen LogP contribution in [0.25, 0.3) is 10.9 Å². The predicted molar refractivity (Wildman–Crippen MR) is 140 cm³/mol. The molecule has 4 amide bonds. The van der Waals surface area contributed by atoms with Crippen molar-refractivity contribution in [1.82, 2.24) is 20.5 Å². The molecule has 8 nitrogen and oxygen atoms in total. The third kappa shape index (κ3) is 4.53. The largest absolute Gasteiger partial charge is 0.497 e. The molecule has 188 valence electrons. The fraction of sp³-hybridized carbons (Fsp3) is 0.207. The van der Waals surface area contributed by atoms with Crippen molar-refractivity contribution in [2.75, 3.05) is 20.2 Å². The van der Waals surface area contributed by atoms with Crippen LogP contribution in [0.15, 0.2) is 85.1 Å². The van der Waals surface area contributed by atoms with E-state index in [1.54, 1.807) is 38.3 Å². The SMILES string of the molecule is COc1ccc([C@@H](CNC(=O)CN2C(=O)N[C@@](C)(c3ccccc3)C2=O)c2c[nH]c3ccccc23)cc1. The molecule has 1 aromatic heterocycles. The number of hydrogen-bond acceptors (Lipinski definition) is 4. The standard InChI is InChI=1S/C29H28N4O4/c1-29(20-8-4-3-5-9-20)27(35)33(28(36)32-29)18-26(34)31-16-23(19-12-14-21(37-2)15-13-19)24-17-30-25-11-7-6-10-22(24)25/h3-15,17,23,30H,16,18H2,1-2H3,(H,31,34)(H,32,36)/t23-,29+/m1/s1. The van der Waals surface area contributed by atoms with E-state index in [9.17, 15) is 14.4 Å². The van der Waals surface area contributed by atoms with Gasteiger partial charge in [0.15, 0.2) is 0 Å². The van der Waals surface area contributed by atoms with Crippen LogP contribution < -0.4 is 15.4 Å². The van der Waals surface area contributed by atoms with Gasteiger partial charge in [0.2, 0.25) is 5.91 Å². The summed E-state index contributed by atoms with van der Waals surface area (Å²) in [5, 5.41) is 6.74. The van der Waals surface area contributed by atoms with E-state index in [0.29, 0.717) is 5.56 Å². The van der Waals surface area contributed by atoms with Crippen molar-refractivity contribution in [2.24, 2.45) is 0 Å². The number of carbonyl (C=O) groups excluding carboxylic acids is 3. The summed E-state index contributed by atoms with van der Waals surface area (Å²) < 4.78 is 5.30. The number of carbonyl (C=O) groups is 3. The molecular formula is C29H28N4O4. The van der Waals surface area contributed by atoms with Crippen LogP contribution in [0.1, 0.15) is 29.5 Å². The normalized spacial score (nSPS) is 18.1. The molecule has 1 aliphatic heterocycles. The van der Waals surface area contributed by atoms with Crippen molar-refractivity contribution >= 4 is 28.7 Å². The number of aromatic nitrogens is 1. The predicted octanol–water partition coefficient (Wildman–Crippen LogP) is 3.89. The van der Waals surface area contributed by atoms with Gasteiger partial charge < -0.3 is 20.4 Å². The van der Waals surface area contributed by atoms with Gasteiger partial charge in [-0.15, -0.1) is 0 Å². The van der Waals surface area contributed by atoms with Gasteiger partial charge in [-0.25, -0.2) is 4.79 Å². The molecule has 0 aliphatic carbocycles. The highest BCUT2D eigenvalue weighted by atomic mass is 16.5. The molecule has 1 saturated heterocycles. The highest BCUT2D eigenvalue weighted by Gasteiger charge is 2.49. The summed E-state index contributed by atoms with van der Waals surface area (Å²) >= 11 is 0. The van der Waals surface area contributed by atoms with Crippen molar-refractivity contribution in [1.29, 1.82) is 0 Å². The molecule has 8 heteroatoms. The van der Waals surface area contributed by atoms with Crippen molar-refractivity contribution < 1.29 is 19.1 Å². The van der Waals surface area contributed by atoms with Gasteiger partial charge in [0, 0.05) is 29.6 Å². The van der Waals surface area contributed by atoms with E-state index in [-0.39, 0.29) is 19.0 Å². The number of imide groups is 1. The maximum absolute atomic E-state index is 13.2. The van der Waals surface area contributed by atoms with Gasteiger partial charge in [-0.2, -0.15) is 0 Å². The molecular weight excluding hydrogens is 468 g/mol. The van der Waals surface area contributed by atoms with Gasteiger partial charge in [0.25, 0.3) is 5.91 Å². The summed E-state index contributed by atoms with van der Waals surface area (Å²) in [5.74, 6) is -0.296. The second kappa shape index (κ2) is 9.81. The number of nitrogens with zero attached hydrogens (tertiary/aromatic N) is 1. The third-order valence-electron chi connectivity index (χ3n) is 6.95. The maximum Gasteiger partial charge on any atom is 0.325 e. The lowest BCUT2D eigenvalue weighted by molar-refractivity contribution is -0.134. The minimum absolute atomic E-state index is 0.163. The quantitative estimate of drug-likeness (QED) is 0.322. The molecule has 1 aliphatic rings. The van der Waals surface area contributed by atoms with Crippen LogP contribution in [0.2, 0.25) is 0 Å². The zero-order valence-corrected chi connectivity index (χ0v) is 20.7. The first kappa shape index (κ1) is 24.1. The first-order valence-corrected chi connectivity index (χ1v) is 12.1. The van der Waals surface area contributed by atoms with Crippen molar-refractivity contribution in [3.8, 4) is 5.75 Å². The van der Waals surface area contributed by atoms with Gasteiger partial charge >= 0.3 is 6.03 Å². The lowest BCUT2D eigenvalue weighted by Crippen LogP contribution is -2.43. The van der Waals surface area contributed by atoms with Crippen molar-refractivity contribution in [3.63, 3.8) is 0 Å². The Bertz CT molecular complexity index is 1450. The summed E-state index contributed by atoms with van der Waals surface area (Å²) in [6, 6.07) is 24.1. The number of aromatic amines is 1. The molecule has 4 aromatic rings. The average Bonchev–Trinajstić information content (AvgIpc) is 3.44. The Hall–Kier alpha value is -4.59. The van der Waals surface area contributed by atoms with E-state index in [1.165, 1.54) is 0 Å². The van der Waals surface area contributed by atoms with Crippen LogP contribution in [0, 0.1) is 0 Å². The number of fused-ring (bicyclic) bond motifs is 1. The Kier molecular flexibility index (Phi) is 6.40. The molecule has 0 spiro atoms. The molecule has 5 rings (SSSR count). The molecule has 3 N–H and O–H groups in total. The summed E-state index contributed by atoms with van der Waals surface area (Å²) in [6.45, 7) is 1.57. The van der Waals surface area contributed by atoms with Crippen LogP contribution in [0.5, 0.6) is 5.75 Å². The van der Waals surface area contributed by atoms with Gasteiger partial charge in [-0.05, 0) is 41.8 Å². The Balaban J connectivity index is 1.34. The minimum atomic E-state index is -1.21. The first-order valence-electron chi connectivity index (χ1n) is 12.1. The molecule has 0 saturated carbocycles. The van der Waals surface area contributed by atoms with Crippen LogP contribution in [0.4, 0.5) is 4.79 Å². The lowest BCUT2D eigenvalue weighted by Gasteiger charge is -2.22. The van der Waals surface area contributed by atoms with Gasteiger partial charge in [0.05, 0.1) is 7.11 Å². The Morgan fingerprint density at radius 3 is 2.43 bits per heavy atom. The van der Waals surface area contributed by atoms with Crippen LogP contribution in [0.3, 0.4) is 0 Å². The fourth-order valence-electron chi connectivity index (χ4n) is 4.85. The number of para-hydroxylation sites is 1. The number of ether oxygens (including phenoxy) is 1. The van der Waals surface area contributed by atoms with E-state index in [2.05, 4.69) is 15.6 Å². The van der Waals surface area contributed by atoms with Gasteiger partial charge in [0.1, 0.15) is 17.8 Å². The van der Waals surface area contributed by atoms with E-state index in [1.807, 2.05) is 60.8 Å². The van der Waals surface area contributed by atoms with E-state index < -0.39 is 23.4 Å². The monoisotopic (exact) mass is 496 g/mol. The number of amides is 4. The number of H-pyrrole nitrogens is 1. The lowest BCUT2D eigenvalue weighted by atomic mass is 9.90. The molecule has 0 bridgehead atoms. The third-order valence-corrected chi connectivity index (χ3v) is 6.95. The molecule has 37 heavy (non-hydrogen) atoms. The zero-order valence-electron chi connectivity index (χ0n) is 20.7. The van der Waals surface area contributed by atoms with E-state index >= 15 is 0 Å². The number of benzene rings is 3. The Morgan fingerprint density at radius 2 is 1.70 bits per heavy atom. The number of methoxy groups -OCH3 is 1.